The number of carbonyl (C=O) groups excluding carboxylic acids is 1. The number of rotatable bonds is 5. The van der Waals surface area contributed by atoms with Crippen LogP contribution in [0.2, 0.25) is 10.0 Å². The Bertz CT molecular complexity index is 1190. The van der Waals surface area contributed by atoms with E-state index in [1.807, 2.05) is 0 Å². The van der Waals surface area contributed by atoms with E-state index < -0.39 is 17.5 Å². The summed E-state index contributed by atoms with van der Waals surface area (Å²) in [5.74, 6) is -1.37. The third-order valence-corrected chi connectivity index (χ3v) is 5.29. The van der Waals surface area contributed by atoms with Gasteiger partial charge >= 0.3 is 11.9 Å². The monoisotopic (exact) mass is 475 g/mol. The van der Waals surface area contributed by atoms with Crippen LogP contribution in [0.15, 0.2) is 42.5 Å². The molecule has 0 spiro atoms. The average molecular weight is 476 g/mol. The van der Waals surface area contributed by atoms with Crippen molar-refractivity contribution < 1.29 is 24.2 Å². The van der Waals surface area contributed by atoms with Crippen molar-refractivity contribution in [3.8, 4) is 22.7 Å². The van der Waals surface area contributed by atoms with Gasteiger partial charge in [0.15, 0.2) is 0 Å². The number of nitrogens with zero attached hydrogens (tertiary/aromatic N) is 1. The molecule has 2 aromatic carbocycles. The molecule has 0 amide bonds. The summed E-state index contributed by atoms with van der Waals surface area (Å²) in [6.07, 6.45) is 0. The standard InChI is InChI=1S/C24H23Cl2NO5/c1-13-19(22(28)29)20(23(30)32-24(2,3)4)21(17-11-6-14(25)12-18(17)26)27(13)15-7-9-16(31-5)10-8-15/h6-12H,1-5H3,(H,28,29). The maximum absolute atomic E-state index is 13.3. The number of aromatic carboxylic acids is 1. The summed E-state index contributed by atoms with van der Waals surface area (Å²) in [6.45, 7) is 6.78. The van der Waals surface area contributed by atoms with Crippen LogP contribution in [0.4, 0.5) is 0 Å². The second-order valence-corrected chi connectivity index (χ2v) is 8.99. The van der Waals surface area contributed by atoms with Crippen LogP contribution in [0.1, 0.15) is 47.2 Å². The maximum Gasteiger partial charge on any atom is 0.341 e. The molecule has 32 heavy (non-hydrogen) atoms. The zero-order valence-electron chi connectivity index (χ0n) is 18.3. The molecule has 0 aliphatic rings. The number of esters is 1. The second-order valence-electron chi connectivity index (χ2n) is 8.15. The molecule has 0 aliphatic heterocycles. The first-order chi connectivity index (χ1) is 14.9. The Morgan fingerprint density at radius 1 is 1.00 bits per heavy atom. The highest BCUT2D eigenvalue weighted by molar-refractivity contribution is 6.36. The molecule has 0 unspecified atom stereocenters. The number of methoxy groups -OCH3 is 1. The van der Waals surface area contributed by atoms with Crippen molar-refractivity contribution in [2.75, 3.05) is 7.11 Å². The van der Waals surface area contributed by atoms with Crippen molar-refractivity contribution in [3.63, 3.8) is 0 Å². The smallest absolute Gasteiger partial charge is 0.341 e. The number of carboxylic acid groups (broad SMARTS) is 1. The van der Waals surface area contributed by atoms with Gasteiger partial charge in [0.25, 0.3) is 0 Å². The summed E-state index contributed by atoms with van der Waals surface area (Å²) in [5.41, 5.74) is 0.667. The van der Waals surface area contributed by atoms with Crippen molar-refractivity contribution >= 4 is 35.1 Å². The normalized spacial score (nSPS) is 11.3. The molecule has 168 valence electrons. The van der Waals surface area contributed by atoms with Gasteiger partial charge in [0.1, 0.15) is 16.9 Å². The average Bonchev–Trinajstić information content (AvgIpc) is 3.00. The van der Waals surface area contributed by atoms with Crippen LogP contribution in [0.25, 0.3) is 16.9 Å². The van der Waals surface area contributed by atoms with Gasteiger partial charge < -0.3 is 19.1 Å². The predicted molar refractivity (Wildman–Crippen MR) is 125 cm³/mol. The molecule has 0 atom stereocenters. The number of ether oxygens (including phenoxy) is 2. The van der Waals surface area contributed by atoms with Crippen molar-refractivity contribution in [2.24, 2.45) is 0 Å². The Labute approximate surface area is 196 Å². The number of halogens is 2. The molecule has 3 aromatic rings. The molecule has 0 saturated carbocycles. The van der Waals surface area contributed by atoms with Crippen molar-refractivity contribution in [1.82, 2.24) is 4.57 Å². The Morgan fingerprint density at radius 3 is 2.12 bits per heavy atom. The zero-order valence-corrected chi connectivity index (χ0v) is 19.8. The fraction of sp³-hybridized carbons (Fsp3) is 0.250. The number of carbonyl (C=O) groups is 2. The second kappa shape index (κ2) is 8.88. The predicted octanol–water partition coefficient (Wildman–Crippen LogP) is 6.42. The lowest BCUT2D eigenvalue weighted by Crippen LogP contribution is -2.25. The summed E-state index contributed by atoms with van der Waals surface area (Å²) in [4.78, 5) is 25.6. The van der Waals surface area contributed by atoms with Crippen LogP contribution < -0.4 is 4.74 Å². The minimum absolute atomic E-state index is 0.0787. The van der Waals surface area contributed by atoms with Crippen LogP contribution >= 0.6 is 23.2 Å². The number of benzene rings is 2. The van der Waals surface area contributed by atoms with E-state index in [-0.39, 0.29) is 16.1 Å². The summed E-state index contributed by atoms with van der Waals surface area (Å²) < 4.78 is 12.5. The lowest BCUT2D eigenvalue weighted by atomic mass is 10.0. The van der Waals surface area contributed by atoms with Crippen LogP contribution in [-0.2, 0) is 4.74 Å². The van der Waals surface area contributed by atoms with E-state index in [1.165, 1.54) is 0 Å². The van der Waals surface area contributed by atoms with Gasteiger partial charge in [0.05, 0.1) is 23.4 Å². The molecule has 1 aromatic heterocycles. The van der Waals surface area contributed by atoms with Crippen LogP contribution in [-0.4, -0.2) is 34.3 Å². The van der Waals surface area contributed by atoms with Crippen molar-refractivity contribution in [3.05, 3.63) is 69.3 Å². The number of carboxylic acids is 1. The van der Waals surface area contributed by atoms with Crippen LogP contribution in [0, 0.1) is 6.92 Å². The SMILES string of the molecule is COc1ccc(-n2c(C)c(C(=O)O)c(C(=O)OC(C)(C)C)c2-c2ccc(Cl)cc2Cl)cc1. The van der Waals surface area contributed by atoms with Crippen molar-refractivity contribution in [1.29, 1.82) is 0 Å². The molecule has 1 heterocycles. The van der Waals surface area contributed by atoms with E-state index in [4.69, 9.17) is 32.7 Å². The number of hydrogen-bond acceptors (Lipinski definition) is 4. The van der Waals surface area contributed by atoms with E-state index in [9.17, 15) is 14.7 Å². The van der Waals surface area contributed by atoms with Gasteiger partial charge in [-0.1, -0.05) is 23.2 Å². The minimum Gasteiger partial charge on any atom is -0.497 e. The highest BCUT2D eigenvalue weighted by atomic mass is 35.5. The van der Waals surface area contributed by atoms with Gasteiger partial charge in [-0.2, -0.15) is 0 Å². The highest BCUT2D eigenvalue weighted by Gasteiger charge is 2.34. The van der Waals surface area contributed by atoms with Gasteiger partial charge in [0.2, 0.25) is 0 Å². The molecular formula is C24H23Cl2NO5. The Morgan fingerprint density at radius 2 is 1.62 bits per heavy atom. The van der Waals surface area contributed by atoms with Gasteiger partial charge in [-0.25, -0.2) is 9.59 Å². The number of aromatic nitrogens is 1. The Balaban J connectivity index is 2.43. The topological polar surface area (TPSA) is 77.8 Å². The lowest BCUT2D eigenvalue weighted by Gasteiger charge is -2.20. The van der Waals surface area contributed by atoms with Crippen molar-refractivity contribution in [2.45, 2.75) is 33.3 Å². The summed E-state index contributed by atoms with van der Waals surface area (Å²) >= 11 is 12.6. The summed E-state index contributed by atoms with van der Waals surface area (Å²) in [6, 6.07) is 11.8. The molecule has 0 saturated heterocycles. The highest BCUT2D eigenvalue weighted by Crippen LogP contribution is 2.40. The molecule has 0 aliphatic carbocycles. The quantitative estimate of drug-likeness (QED) is 0.430. The number of hydrogen-bond donors (Lipinski definition) is 1. The van der Waals surface area contributed by atoms with Gasteiger partial charge in [-0.05, 0) is 70.2 Å². The van der Waals surface area contributed by atoms with E-state index in [2.05, 4.69) is 0 Å². The van der Waals surface area contributed by atoms with E-state index in [1.54, 1.807) is 81.8 Å². The third kappa shape index (κ3) is 4.61. The lowest BCUT2D eigenvalue weighted by molar-refractivity contribution is 0.00670. The maximum atomic E-state index is 13.3. The molecule has 0 fully saturated rings. The molecule has 0 radical (unpaired) electrons. The van der Waals surface area contributed by atoms with Gasteiger partial charge in [0, 0.05) is 22.0 Å². The van der Waals surface area contributed by atoms with E-state index in [0.29, 0.717) is 33.4 Å². The molecular weight excluding hydrogens is 453 g/mol. The summed E-state index contributed by atoms with van der Waals surface area (Å²) in [5, 5.41) is 10.7. The zero-order chi connectivity index (χ0) is 23.8. The largest absolute Gasteiger partial charge is 0.497 e. The molecule has 0 bridgehead atoms. The molecule has 6 nitrogen and oxygen atoms in total. The Hall–Kier alpha value is -2.96. The first-order valence-corrected chi connectivity index (χ1v) is 10.5. The fourth-order valence-corrected chi connectivity index (χ4v) is 3.97. The van der Waals surface area contributed by atoms with Gasteiger partial charge in [-0.3, -0.25) is 0 Å². The van der Waals surface area contributed by atoms with Crippen LogP contribution in [0.3, 0.4) is 0 Å². The Kier molecular flexibility index (Phi) is 6.58. The summed E-state index contributed by atoms with van der Waals surface area (Å²) in [7, 11) is 1.55. The first kappa shape index (κ1) is 23.7. The first-order valence-electron chi connectivity index (χ1n) is 9.76. The van der Waals surface area contributed by atoms with E-state index >= 15 is 0 Å². The third-order valence-electron chi connectivity index (χ3n) is 4.74. The molecule has 8 heteroatoms. The molecule has 3 rings (SSSR count). The fourth-order valence-electron chi connectivity index (χ4n) is 3.47. The van der Waals surface area contributed by atoms with Crippen LogP contribution in [0.5, 0.6) is 5.75 Å². The molecule has 1 N–H and O–H groups in total. The minimum atomic E-state index is -1.25. The van der Waals surface area contributed by atoms with Gasteiger partial charge in [-0.15, -0.1) is 0 Å². The van der Waals surface area contributed by atoms with E-state index in [0.717, 1.165) is 0 Å².